The maximum absolute atomic E-state index is 12.0. The second-order valence-electron chi connectivity index (χ2n) is 5.44. The van der Waals surface area contributed by atoms with E-state index in [0.717, 1.165) is 5.56 Å². The Hall–Kier alpha value is -2.71. The van der Waals surface area contributed by atoms with E-state index in [9.17, 15) is 18.0 Å². The summed E-state index contributed by atoms with van der Waals surface area (Å²) in [5.74, 6) is -0.598. The van der Waals surface area contributed by atoms with Crippen LogP contribution in [0.15, 0.2) is 53.4 Å². The molecule has 0 radical (unpaired) electrons. The predicted octanol–water partition coefficient (Wildman–Crippen LogP) is 1.40. The molecule has 0 aliphatic heterocycles. The number of sulfonamides is 1. The molecule has 0 aromatic heterocycles. The lowest BCUT2D eigenvalue weighted by molar-refractivity contribution is -0.116. The van der Waals surface area contributed by atoms with E-state index in [4.69, 9.17) is 5.14 Å². The summed E-state index contributed by atoms with van der Waals surface area (Å²) in [6, 6.07) is 12.8. The molecular formula is C17H19N3O4S. The molecule has 0 spiro atoms. The standard InChI is InChI=1S/C17H19N3O4S/c1-12-5-2-3-8-15(12)17(22)19-10-9-16(21)20-13-6-4-7-14(11-13)25(18,23)24/h2-8,11H,9-10H2,1H3,(H,19,22)(H,20,21)(H2,18,23,24). The van der Waals surface area contributed by atoms with E-state index in [0.29, 0.717) is 11.3 Å². The quantitative estimate of drug-likeness (QED) is 0.720. The molecule has 2 amide bonds. The Bertz CT molecular complexity index is 894. The van der Waals surface area contributed by atoms with Gasteiger partial charge in [-0.15, -0.1) is 0 Å². The molecule has 0 unspecified atom stereocenters. The summed E-state index contributed by atoms with van der Waals surface area (Å²) >= 11 is 0. The predicted molar refractivity (Wildman–Crippen MR) is 94.6 cm³/mol. The van der Waals surface area contributed by atoms with E-state index < -0.39 is 10.0 Å². The van der Waals surface area contributed by atoms with Gasteiger partial charge in [0.1, 0.15) is 0 Å². The second-order valence-corrected chi connectivity index (χ2v) is 7.00. The van der Waals surface area contributed by atoms with Crippen molar-refractivity contribution in [2.45, 2.75) is 18.2 Å². The topological polar surface area (TPSA) is 118 Å². The van der Waals surface area contributed by atoms with Gasteiger partial charge in [-0.05, 0) is 36.8 Å². The van der Waals surface area contributed by atoms with Crippen molar-refractivity contribution in [3.05, 3.63) is 59.7 Å². The second kappa shape index (κ2) is 7.91. The van der Waals surface area contributed by atoms with Gasteiger partial charge in [0, 0.05) is 24.2 Å². The monoisotopic (exact) mass is 361 g/mol. The SMILES string of the molecule is Cc1ccccc1C(=O)NCCC(=O)Nc1cccc(S(N)(=O)=O)c1. The van der Waals surface area contributed by atoms with Gasteiger partial charge in [0.15, 0.2) is 0 Å². The van der Waals surface area contributed by atoms with Gasteiger partial charge in [-0.3, -0.25) is 9.59 Å². The molecule has 8 heteroatoms. The summed E-state index contributed by atoms with van der Waals surface area (Å²) < 4.78 is 22.6. The number of carbonyl (C=O) groups is 2. The number of aryl methyl sites for hydroxylation is 1. The summed E-state index contributed by atoms with van der Waals surface area (Å²) in [7, 11) is -3.83. The number of nitrogens with two attached hydrogens (primary N) is 1. The molecule has 7 nitrogen and oxygen atoms in total. The molecule has 0 saturated carbocycles. The molecule has 4 N–H and O–H groups in total. The zero-order valence-corrected chi connectivity index (χ0v) is 14.5. The third-order valence-corrected chi connectivity index (χ3v) is 4.38. The first kappa shape index (κ1) is 18.6. The molecule has 132 valence electrons. The summed E-state index contributed by atoms with van der Waals surface area (Å²) in [5.41, 5.74) is 1.73. The molecule has 2 rings (SSSR count). The average molecular weight is 361 g/mol. The van der Waals surface area contributed by atoms with E-state index in [1.807, 2.05) is 19.1 Å². The molecule has 2 aromatic rings. The van der Waals surface area contributed by atoms with E-state index in [1.165, 1.54) is 18.2 Å². The number of anilines is 1. The highest BCUT2D eigenvalue weighted by Crippen LogP contribution is 2.14. The Balaban J connectivity index is 1.87. The van der Waals surface area contributed by atoms with E-state index in [1.54, 1.807) is 18.2 Å². The van der Waals surface area contributed by atoms with Crippen molar-refractivity contribution in [3.8, 4) is 0 Å². The van der Waals surface area contributed by atoms with Gasteiger partial charge in [0.05, 0.1) is 4.90 Å². The highest BCUT2D eigenvalue weighted by atomic mass is 32.2. The van der Waals surface area contributed by atoms with Crippen LogP contribution in [0.4, 0.5) is 5.69 Å². The van der Waals surface area contributed by atoms with Crippen LogP contribution in [0.5, 0.6) is 0 Å². The maximum Gasteiger partial charge on any atom is 0.251 e. The van der Waals surface area contributed by atoms with Crippen LogP contribution in [0.1, 0.15) is 22.3 Å². The van der Waals surface area contributed by atoms with Crippen molar-refractivity contribution in [2.75, 3.05) is 11.9 Å². The lowest BCUT2D eigenvalue weighted by Crippen LogP contribution is -2.28. The van der Waals surface area contributed by atoms with Crippen LogP contribution in [-0.4, -0.2) is 26.8 Å². The minimum atomic E-state index is -3.83. The van der Waals surface area contributed by atoms with Crippen LogP contribution in [0, 0.1) is 6.92 Å². The van der Waals surface area contributed by atoms with Crippen molar-refractivity contribution in [2.24, 2.45) is 5.14 Å². The van der Waals surface area contributed by atoms with Gasteiger partial charge in [0.2, 0.25) is 15.9 Å². The van der Waals surface area contributed by atoms with Gasteiger partial charge in [0.25, 0.3) is 5.91 Å². The minimum absolute atomic E-state index is 0.0528. The Labute approximate surface area is 146 Å². The highest BCUT2D eigenvalue weighted by molar-refractivity contribution is 7.89. The fourth-order valence-electron chi connectivity index (χ4n) is 2.19. The zero-order valence-electron chi connectivity index (χ0n) is 13.7. The van der Waals surface area contributed by atoms with Gasteiger partial charge in [-0.2, -0.15) is 0 Å². The number of nitrogens with one attached hydrogen (secondary N) is 2. The fourth-order valence-corrected chi connectivity index (χ4v) is 2.75. The first-order valence-electron chi connectivity index (χ1n) is 7.54. The van der Waals surface area contributed by atoms with Crippen LogP contribution in [0.25, 0.3) is 0 Å². The van der Waals surface area contributed by atoms with Gasteiger partial charge < -0.3 is 10.6 Å². The zero-order chi connectivity index (χ0) is 18.4. The fraction of sp³-hybridized carbons (Fsp3) is 0.176. The lowest BCUT2D eigenvalue weighted by atomic mass is 10.1. The first-order valence-corrected chi connectivity index (χ1v) is 9.08. The average Bonchev–Trinajstić information content (AvgIpc) is 2.54. The molecule has 2 aromatic carbocycles. The Morgan fingerprint density at radius 3 is 2.48 bits per heavy atom. The Kier molecular flexibility index (Phi) is 5.89. The molecule has 25 heavy (non-hydrogen) atoms. The van der Waals surface area contributed by atoms with Crippen molar-refractivity contribution >= 4 is 27.5 Å². The molecule has 0 aliphatic carbocycles. The third kappa shape index (κ3) is 5.40. The Morgan fingerprint density at radius 1 is 1.08 bits per heavy atom. The third-order valence-electron chi connectivity index (χ3n) is 3.47. The van der Waals surface area contributed by atoms with E-state index in [2.05, 4.69) is 10.6 Å². The number of amides is 2. The number of rotatable bonds is 6. The largest absolute Gasteiger partial charge is 0.352 e. The summed E-state index contributed by atoms with van der Waals surface area (Å²) in [4.78, 5) is 23.9. The van der Waals surface area contributed by atoms with Crippen molar-refractivity contribution < 1.29 is 18.0 Å². The van der Waals surface area contributed by atoms with Crippen LogP contribution < -0.4 is 15.8 Å². The van der Waals surface area contributed by atoms with Crippen molar-refractivity contribution in [1.29, 1.82) is 0 Å². The summed E-state index contributed by atoms with van der Waals surface area (Å²) in [6.07, 6.45) is 0.0528. The number of primary sulfonamides is 1. The molecule has 0 atom stereocenters. The summed E-state index contributed by atoms with van der Waals surface area (Å²) in [6.45, 7) is 1.99. The van der Waals surface area contributed by atoms with Crippen LogP contribution in [-0.2, 0) is 14.8 Å². The van der Waals surface area contributed by atoms with Crippen LogP contribution in [0.3, 0.4) is 0 Å². The number of carbonyl (C=O) groups excluding carboxylic acids is 2. The molecule has 0 fully saturated rings. The van der Waals surface area contributed by atoms with Crippen LogP contribution in [0.2, 0.25) is 0 Å². The Morgan fingerprint density at radius 2 is 1.80 bits per heavy atom. The smallest absolute Gasteiger partial charge is 0.251 e. The molecular weight excluding hydrogens is 342 g/mol. The normalized spacial score (nSPS) is 11.0. The van der Waals surface area contributed by atoms with Crippen molar-refractivity contribution in [1.82, 2.24) is 5.32 Å². The van der Waals surface area contributed by atoms with E-state index in [-0.39, 0.29) is 29.7 Å². The lowest BCUT2D eigenvalue weighted by Gasteiger charge is -2.09. The number of hydrogen-bond acceptors (Lipinski definition) is 4. The number of benzene rings is 2. The van der Waals surface area contributed by atoms with Gasteiger partial charge in [-0.25, -0.2) is 13.6 Å². The molecule has 0 bridgehead atoms. The molecule has 0 aliphatic rings. The first-order chi connectivity index (χ1) is 11.8. The van der Waals surface area contributed by atoms with Crippen LogP contribution >= 0.6 is 0 Å². The number of hydrogen-bond donors (Lipinski definition) is 3. The van der Waals surface area contributed by atoms with Crippen molar-refractivity contribution in [3.63, 3.8) is 0 Å². The minimum Gasteiger partial charge on any atom is -0.352 e. The summed E-state index contributed by atoms with van der Waals surface area (Å²) in [5, 5.41) is 10.3. The maximum atomic E-state index is 12.0. The highest BCUT2D eigenvalue weighted by Gasteiger charge is 2.11. The molecule has 0 saturated heterocycles. The van der Waals surface area contributed by atoms with Gasteiger partial charge in [-0.1, -0.05) is 24.3 Å². The van der Waals surface area contributed by atoms with Gasteiger partial charge >= 0.3 is 0 Å². The molecule has 0 heterocycles. The van der Waals surface area contributed by atoms with E-state index >= 15 is 0 Å².